The Labute approximate surface area is 180 Å². The van der Waals surface area contributed by atoms with Crippen molar-refractivity contribution in [1.82, 2.24) is 10.2 Å². The Morgan fingerprint density at radius 1 is 0.871 bits per heavy atom. The van der Waals surface area contributed by atoms with Gasteiger partial charge in [0.05, 0.1) is 10.5 Å². The van der Waals surface area contributed by atoms with Crippen LogP contribution < -0.4 is 10.5 Å². The molecule has 2 N–H and O–H groups in total. The normalized spacial score (nSPS) is 11.0. The third-order valence-electron chi connectivity index (χ3n) is 4.40. The quantitative estimate of drug-likeness (QED) is 0.296. The first-order valence-electron chi connectivity index (χ1n) is 9.34. The zero-order chi connectivity index (χ0) is 22.6. The van der Waals surface area contributed by atoms with Gasteiger partial charge in [-0.2, -0.15) is 0 Å². The standard InChI is InChI=1S/C13H11N4O.C9H12O3S/c14-17-8-6-11(7-9-17)13-16-15-12(18-13)10-4-2-1-3-5-10;1-6-4-7(2)9(8(3)5-6)13(10,11)12/h1-9H,14H2;4-5H,1-3H3,(H,10,11,12)/q+1;/p-1. The molecule has 0 aliphatic heterocycles. The Balaban J connectivity index is 0.000000187. The lowest BCUT2D eigenvalue weighted by Crippen LogP contribution is -2.43. The molecule has 0 radical (unpaired) electrons. The topological polar surface area (TPSA) is 126 Å². The molecule has 9 heteroatoms. The zero-order valence-corrected chi connectivity index (χ0v) is 18.1. The van der Waals surface area contributed by atoms with Crippen molar-refractivity contribution < 1.29 is 22.1 Å². The lowest BCUT2D eigenvalue weighted by atomic mass is 10.1. The Bertz CT molecular complexity index is 1260. The lowest BCUT2D eigenvalue weighted by molar-refractivity contribution is -0.638. The predicted molar refractivity (Wildman–Crippen MR) is 114 cm³/mol. The molecule has 4 rings (SSSR count). The van der Waals surface area contributed by atoms with Crippen LogP contribution in [0.15, 0.2) is 76.3 Å². The summed E-state index contributed by atoms with van der Waals surface area (Å²) in [6, 6.07) is 16.7. The fraction of sp³-hybridized carbons (Fsp3) is 0.136. The number of nitrogens with two attached hydrogens (primary N) is 1. The predicted octanol–water partition coefficient (Wildman–Crippen LogP) is 2.92. The molecule has 31 heavy (non-hydrogen) atoms. The van der Waals surface area contributed by atoms with Crippen LogP contribution in [0.25, 0.3) is 22.9 Å². The van der Waals surface area contributed by atoms with E-state index in [4.69, 9.17) is 10.3 Å². The second-order valence-corrected chi connectivity index (χ2v) is 8.31. The van der Waals surface area contributed by atoms with Crippen LogP contribution in [0, 0.1) is 20.8 Å². The highest BCUT2D eigenvalue weighted by molar-refractivity contribution is 7.85. The second-order valence-electron chi connectivity index (χ2n) is 6.99. The molecule has 0 aliphatic rings. The van der Waals surface area contributed by atoms with Crippen molar-refractivity contribution in [2.75, 3.05) is 5.84 Å². The Kier molecular flexibility index (Phi) is 6.47. The van der Waals surface area contributed by atoms with Crippen molar-refractivity contribution in [3.05, 3.63) is 83.7 Å². The van der Waals surface area contributed by atoms with Crippen LogP contribution in [-0.2, 0) is 10.1 Å². The number of rotatable bonds is 3. The fourth-order valence-electron chi connectivity index (χ4n) is 3.18. The summed E-state index contributed by atoms with van der Waals surface area (Å²) in [5.41, 5.74) is 3.75. The third-order valence-corrected chi connectivity index (χ3v) is 5.54. The summed E-state index contributed by atoms with van der Waals surface area (Å²) in [5.74, 6) is 6.54. The number of aryl methyl sites for hydroxylation is 3. The van der Waals surface area contributed by atoms with Gasteiger partial charge in [0.15, 0.2) is 12.4 Å². The maximum atomic E-state index is 10.8. The molecule has 2 heterocycles. The van der Waals surface area contributed by atoms with Crippen molar-refractivity contribution in [2.24, 2.45) is 0 Å². The third kappa shape index (κ3) is 5.53. The minimum absolute atomic E-state index is 0.0851. The summed E-state index contributed by atoms with van der Waals surface area (Å²) in [6.07, 6.45) is 3.45. The van der Waals surface area contributed by atoms with Gasteiger partial charge in [-0.15, -0.1) is 10.2 Å². The number of pyridine rings is 1. The van der Waals surface area contributed by atoms with E-state index in [0.29, 0.717) is 22.9 Å². The van der Waals surface area contributed by atoms with Gasteiger partial charge in [0, 0.05) is 17.7 Å². The molecule has 0 amide bonds. The van der Waals surface area contributed by atoms with Gasteiger partial charge in [-0.05, 0) is 44.0 Å². The minimum Gasteiger partial charge on any atom is -0.744 e. The molecule has 2 aromatic heterocycles. The van der Waals surface area contributed by atoms with E-state index in [-0.39, 0.29) is 4.90 Å². The molecule has 0 fully saturated rings. The zero-order valence-electron chi connectivity index (χ0n) is 17.3. The van der Waals surface area contributed by atoms with Crippen molar-refractivity contribution >= 4 is 10.1 Å². The van der Waals surface area contributed by atoms with Gasteiger partial charge in [-0.25, -0.2) is 14.3 Å². The summed E-state index contributed by atoms with van der Waals surface area (Å²) in [7, 11) is -4.33. The highest BCUT2D eigenvalue weighted by Gasteiger charge is 2.11. The van der Waals surface area contributed by atoms with E-state index < -0.39 is 10.1 Å². The smallest absolute Gasteiger partial charge is 0.248 e. The van der Waals surface area contributed by atoms with Crippen molar-refractivity contribution in [3.8, 4) is 22.9 Å². The second kappa shape index (κ2) is 9.07. The Hall–Kier alpha value is -3.56. The average Bonchev–Trinajstić information content (AvgIpc) is 3.18. The first-order valence-corrected chi connectivity index (χ1v) is 10.8. The van der Waals surface area contributed by atoms with Crippen LogP contribution in [-0.4, -0.2) is 23.2 Å². The number of nitrogens with zero attached hydrogens (tertiary/aromatic N) is 3. The van der Waals surface area contributed by atoms with Gasteiger partial charge in [0.2, 0.25) is 11.8 Å². The molecule has 4 aromatic rings. The summed E-state index contributed by atoms with van der Waals surface area (Å²) >= 11 is 0. The van der Waals surface area contributed by atoms with E-state index in [1.807, 2.05) is 49.4 Å². The van der Waals surface area contributed by atoms with Crippen LogP contribution in [0.1, 0.15) is 16.7 Å². The molecule has 8 nitrogen and oxygen atoms in total. The van der Waals surface area contributed by atoms with E-state index in [2.05, 4.69) is 10.2 Å². The van der Waals surface area contributed by atoms with Gasteiger partial charge >= 0.3 is 0 Å². The molecule has 0 atom stereocenters. The average molecular weight is 439 g/mol. The minimum atomic E-state index is -4.33. The molecule has 0 aliphatic carbocycles. The Morgan fingerprint density at radius 3 is 1.84 bits per heavy atom. The van der Waals surface area contributed by atoms with Crippen molar-refractivity contribution in [2.45, 2.75) is 25.7 Å². The molecule has 0 bridgehead atoms. The molecule has 0 saturated carbocycles. The van der Waals surface area contributed by atoms with Crippen LogP contribution in [0.3, 0.4) is 0 Å². The lowest BCUT2D eigenvalue weighted by Gasteiger charge is -2.14. The fourth-order valence-corrected chi connectivity index (χ4v) is 4.09. The highest BCUT2D eigenvalue weighted by atomic mass is 32.2. The number of hydrogen-bond donors (Lipinski definition) is 1. The maximum Gasteiger partial charge on any atom is 0.248 e. The van der Waals surface area contributed by atoms with E-state index >= 15 is 0 Å². The SMILES string of the molecule is Cc1cc(C)c(S(=O)(=O)[O-])c(C)c1.N[n+]1ccc(-c2nnc(-c3ccccc3)o2)cc1. The van der Waals surface area contributed by atoms with Gasteiger partial charge in [0.25, 0.3) is 0 Å². The summed E-state index contributed by atoms with van der Waals surface area (Å²) in [4.78, 5) is -0.0851. The number of hydrogen-bond acceptors (Lipinski definition) is 7. The summed E-state index contributed by atoms with van der Waals surface area (Å²) < 4.78 is 39.6. The molecule has 160 valence electrons. The number of aromatic nitrogens is 3. The monoisotopic (exact) mass is 438 g/mol. The van der Waals surface area contributed by atoms with Crippen LogP contribution in [0.5, 0.6) is 0 Å². The largest absolute Gasteiger partial charge is 0.744 e. The van der Waals surface area contributed by atoms with E-state index in [0.717, 1.165) is 16.7 Å². The van der Waals surface area contributed by atoms with Gasteiger partial charge in [-0.1, -0.05) is 40.6 Å². The van der Waals surface area contributed by atoms with E-state index in [9.17, 15) is 13.0 Å². The number of nitrogen functional groups attached to an aromatic ring is 1. The Morgan fingerprint density at radius 2 is 1.35 bits per heavy atom. The molecule has 2 aromatic carbocycles. The molecular weight excluding hydrogens is 416 g/mol. The van der Waals surface area contributed by atoms with Crippen LogP contribution in [0.2, 0.25) is 0 Å². The highest BCUT2D eigenvalue weighted by Crippen LogP contribution is 2.23. The van der Waals surface area contributed by atoms with E-state index in [1.165, 1.54) is 4.68 Å². The van der Waals surface area contributed by atoms with Crippen LogP contribution in [0.4, 0.5) is 0 Å². The van der Waals surface area contributed by atoms with Crippen molar-refractivity contribution in [1.29, 1.82) is 0 Å². The maximum absolute atomic E-state index is 10.8. The van der Waals surface area contributed by atoms with Gasteiger partial charge in [0.1, 0.15) is 10.1 Å². The molecule has 0 saturated heterocycles. The molecule has 0 unspecified atom stereocenters. The molecule has 0 spiro atoms. The first kappa shape index (κ1) is 22.1. The summed E-state index contributed by atoms with van der Waals surface area (Å²) in [6.45, 7) is 5.12. The van der Waals surface area contributed by atoms with Crippen LogP contribution >= 0.6 is 0 Å². The summed E-state index contributed by atoms with van der Waals surface area (Å²) in [5, 5.41) is 8.06. The van der Waals surface area contributed by atoms with E-state index in [1.54, 1.807) is 38.4 Å². The van der Waals surface area contributed by atoms with Gasteiger partial charge in [-0.3, -0.25) is 0 Å². The first-order chi connectivity index (χ1) is 14.6. The number of benzene rings is 2. The van der Waals surface area contributed by atoms with Crippen molar-refractivity contribution in [3.63, 3.8) is 0 Å². The molecular formula is C22H22N4O4S. The van der Waals surface area contributed by atoms with Gasteiger partial charge < -0.3 is 8.97 Å².